The van der Waals surface area contributed by atoms with Crippen LogP contribution in [0.25, 0.3) is 0 Å². The molecule has 3 rings (SSSR count). The number of carbonyl (C=O) groups excluding carboxylic acids is 2. The van der Waals surface area contributed by atoms with E-state index in [1.54, 1.807) is 12.3 Å². The Kier molecular flexibility index (Phi) is 5.33. The van der Waals surface area contributed by atoms with Crippen molar-refractivity contribution in [3.63, 3.8) is 0 Å². The molecule has 1 aromatic rings. The predicted molar refractivity (Wildman–Crippen MR) is 85.5 cm³/mol. The molecule has 0 bridgehead atoms. The Morgan fingerprint density at radius 1 is 1.22 bits per heavy atom. The van der Waals surface area contributed by atoms with E-state index in [4.69, 9.17) is 4.42 Å². The fourth-order valence-electron chi connectivity index (χ4n) is 3.08. The van der Waals surface area contributed by atoms with E-state index < -0.39 is 0 Å². The summed E-state index contributed by atoms with van der Waals surface area (Å²) in [6.45, 7) is 2.41. The molecule has 1 aromatic heterocycles. The second-order valence-corrected chi connectivity index (χ2v) is 6.54. The summed E-state index contributed by atoms with van der Waals surface area (Å²) in [5.41, 5.74) is 0. The highest BCUT2D eigenvalue weighted by molar-refractivity contribution is 5.79. The monoisotopic (exact) mass is 319 g/mol. The van der Waals surface area contributed by atoms with Crippen LogP contribution in [0.4, 0.5) is 0 Å². The Morgan fingerprint density at radius 2 is 2.00 bits per heavy atom. The summed E-state index contributed by atoms with van der Waals surface area (Å²) in [6, 6.07) is 4.06. The number of piperidine rings is 1. The Hall–Kier alpha value is -1.82. The zero-order valence-corrected chi connectivity index (χ0v) is 13.4. The van der Waals surface area contributed by atoms with Crippen LogP contribution in [0.5, 0.6) is 0 Å². The van der Waals surface area contributed by atoms with E-state index in [9.17, 15) is 9.59 Å². The second-order valence-electron chi connectivity index (χ2n) is 6.54. The van der Waals surface area contributed by atoms with Gasteiger partial charge < -0.3 is 15.1 Å². The summed E-state index contributed by atoms with van der Waals surface area (Å²) in [5.74, 6) is 1.07. The molecule has 0 aromatic carbocycles. The maximum absolute atomic E-state index is 12.1. The highest BCUT2D eigenvalue weighted by atomic mass is 16.3. The number of nitrogens with zero attached hydrogens (tertiary/aromatic N) is 1. The van der Waals surface area contributed by atoms with Crippen LogP contribution in [0, 0.1) is 5.92 Å². The van der Waals surface area contributed by atoms with Gasteiger partial charge in [0.05, 0.1) is 19.4 Å². The molecule has 6 heteroatoms. The minimum Gasteiger partial charge on any atom is -0.467 e. The predicted octanol–water partition coefficient (Wildman–Crippen LogP) is 1.28. The Bertz CT molecular complexity index is 517. The van der Waals surface area contributed by atoms with Crippen molar-refractivity contribution in [1.82, 2.24) is 15.5 Å². The zero-order valence-electron chi connectivity index (χ0n) is 13.4. The molecule has 2 aliphatic rings. The lowest BCUT2D eigenvalue weighted by Crippen LogP contribution is -2.47. The molecule has 23 heavy (non-hydrogen) atoms. The molecule has 2 fully saturated rings. The molecule has 1 saturated heterocycles. The van der Waals surface area contributed by atoms with Crippen molar-refractivity contribution in [1.29, 1.82) is 0 Å². The molecular formula is C17H25N3O3. The fraction of sp³-hybridized carbons (Fsp3) is 0.647. The molecule has 0 radical (unpaired) electrons. The van der Waals surface area contributed by atoms with Gasteiger partial charge in [-0.2, -0.15) is 0 Å². The summed E-state index contributed by atoms with van der Waals surface area (Å²) in [7, 11) is 0. The zero-order chi connectivity index (χ0) is 16.1. The molecular weight excluding hydrogens is 294 g/mol. The number of furan rings is 1. The lowest BCUT2D eigenvalue weighted by atomic mass is 9.90. The molecule has 0 atom stereocenters. The fourth-order valence-corrected chi connectivity index (χ4v) is 3.08. The first-order valence-corrected chi connectivity index (χ1v) is 8.52. The first-order valence-electron chi connectivity index (χ1n) is 8.52. The van der Waals surface area contributed by atoms with Crippen molar-refractivity contribution in [2.75, 3.05) is 19.6 Å². The Balaban J connectivity index is 1.33. The average Bonchev–Trinajstić information content (AvgIpc) is 3.03. The van der Waals surface area contributed by atoms with Crippen LogP contribution in [0.15, 0.2) is 22.8 Å². The van der Waals surface area contributed by atoms with Crippen LogP contribution < -0.4 is 10.6 Å². The van der Waals surface area contributed by atoms with Gasteiger partial charge in [-0.25, -0.2) is 0 Å². The van der Waals surface area contributed by atoms with Crippen LogP contribution in [0.2, 0.25) is 0 Å². The van der Waals surface area contributed by atoms with Crippen molar-refractivity contribution in [3.8, 4) is 0 Å². The maximum atomic E-state index is 12.1. The first-order chi connectivity index (χ1) is 11.2. The minimum absolute atomic E-state index is 0.00114. The van der Waals surface area contributed by atoms with Crippen molar-refractivity contribution in [2.24, 2.45) is 5.92 Å². The van der Waals surface area contributed by atoms with Gasteiger partial charge in [0, 0.05) is 12.0 Å². The van der Waals surface area contributed by atoms with E-state index in [0.717, 1.165) is 44.5 Å². The third-order valence-corrected chi connectivity index (χ3v) is 4.82. The van der Waals surface area contributed by atoms with E-state index in [2.05, 4.69) is 15.5 Å². The van der Waals surface area contributed by atoms with Crippen LogP contribution in [0.3, 0.4) is 0 Å². The summed E-state index contributed by atoms with van der Waals surface area (Å²) < 4.78 is 5.19. The lowest BCUT2D eigenvalue weighted by molar-refractivity contribution is -0.128. The number of nitrogens with one attached hydrogen (secondary N) is 2. The smallest absolute Gasteiger partial charge is 0.234 e. The van der Waals surface area contributed by atoms with Gasteiger partial charge in [-0.05, 0) is 57.3 Å². The van der Waals surface area contributed by atoms with Crippen molar-refractivity contribution < 1.29 is 14.0 Å². The van der Waals surface area contributed by atoms with E-state index >= 15 is 0 Å². The lowest BCUT2D eigenvalue weighted by Gasteiger charge is -2.33. The molecule has 2 N–H and O–H groups in total. The molecule has 6 nitrogen and oxygen atoms in total. The first kappa shape index (κ1) is 16.1. The molecule has 1 saturated carbocycles. The number of amides is 2. The molecule has 1 aliphatic carbocycles. The maximum Gasteiger partial charge on any atom is 0.234 e. The van der Waals surface area contributed by atoms with Crippen LogP contribution in [-0.4, -0.2) is 42.4 Å². The number of hydrogen-bond acceptors (Lipinski definition) is 4. The van der Waals surface area contributed by atoms with Crippen LogP contribution in [0.1, 0.15) is 37.9 Å². The van der Waals surface area contributed by atoms with Crippen molar-refractivity contribution in [3.05, 3.63) is 24.2 Å². The summed E-state index contributed by atoms with van der Waals surface area (Å²) in [6.07, 6.45) is 6.76. The summed E-state index contributed by atoms with van der Waals surface area (Å²) in [4.78, 5) is 26.2. The SMILES string of the molecule is O=C(CN1CCC(C(=O)NC2CCC2)CC1)NCc1ccco1. The van der Waals surface area contributed by atoms with Crippen LogP contribution >= 0.6 is 0 Å². The minimum atomic E-state index is -0.00114. The van der Waals surface area contributed by atoms with E-state index in [0.29, 0.717) is 19.1 Å². The third-order valence-electron chi connectivity index (χ3n) is 4.82. The Labute approximate surface area is 136 Å². The van der Waals surface area contributed by atoms with E-state index in [1.165, 1.54) is 6.42 Å². The number of rotatable bonds is 6. The highest BCUT2D eigenvalue weighted by Gasteiger charge is 2.28. The van der Waals surface area contributed by atoms with Gasteiger partial charge in [-0.3, -0.25) is 14.5 Å². The van der Waals surface area contributed by atoms with Crippen LogP contribution in [-0.2, 0) is 16.1 Å². The largest absolute Gasteiger partial charge is 0.467 e. The van der Waals surface area contributed by atoms with E-state index in [-0.39, 0.29) is 17.7 Å². The summed E-state index contributed by atoms with van der Waals surface area (Å²) >= 11 is 0. The topological polar surface area (TPSA) is 74.6 Å². The molecule has 0 unspecified atom stereocenters. The molecule has 2 heterocycles. The van der Waals surface area contributed by atoms with Crippen molar-refractivity contribution in [2.45, 2.75) is 44.7 Å². The quantitative estimate of drug-likeness (QED) is 0.828. The average molecular weight is 319 g/mol. The van der Waals surface area contributed by atoms with Gasteiger partial charge >= 0.3 is 0 Å². The molecule has 1 aliphatic heterocycles. The van der Waals surface area contributed by atoms with Gasteiger partial charge in [0.1, 0.15) is 5.76 Å². The van der Waals surface area contributed by atoms with Gasteiger partial charge in [0.2, 0.25) is 11.8 Å². The highest BCUT2D eigenvalue weighted by Crippen LogP contribution is 2.21. The molecule has 126 valence electrons. The number of hydrogen-bond donors (Lipinski definition) is 2. The van der Waals surface area contributed by atoms with Gasteiger partial charge in [-0.1, -0.05) is 0 Å². The number of carbonyl (C=O) groups is 2. The van der Waals surface area contributed by atoms with Crippen molar-refractivity contribution >= 4 is 11.8 Å². The molecule has 0 spiro atoms. The normalized spacial score (nSPS) is 20.0. The number of likely N-dealkylation sites (tertiary alicyclic amines) is 1. The van der Waals surface area contributed by atoms with Gasteiger partial charge in [0.15, 0.2) is 0 Å². The standard InChI is InChI=1S/C17H25N3O3/c21-16(18-11-15-5-2-10-23-15)12-20-8-6-13(7-9-20)17(22)19-14-3-1-4-14/h2,5,10,13-14H,1,3-4,6-9,11-12H2,(H,18,21)(H,19,22). The van der Waals surface area contributed by atoms with Gasteiger partial charge in [0.25, 0.3) is 0 Å². The van der Waals surface area contributed by atoms with E-state index in [1.807, 2.05) is 6.07 Å². The summed E-state index contributed by atoms with van der Waals surface area (Å²) in [5, 5.41) is 5.98. The Morgan fingerprint density at radius 3 is 2.61 bits per heavy atom. The van der Waals surface area contributed by atoms with Gasteiger partial charge in [-0.15, -0.1) is 0 Å². The second kappa shape index (κ2) is 7.64. The third kappa shape index (κ3) is 4.58. The molecule has 2 amide bonds.